The lowest BCUT2D eigenvalue weighted by molar-refractivity contribution is -0.121. The molecule has 0 aromatic heterocycles. The van der Waals surface area contributed by atoms with Gasteiger partial charge in [0.25, 0.3) is 0 Å². The van der Waals surface area contributed by atoms with Crippen LogP contribution in [0.25, 0.3) is 0 Å². The SMILES string of the molecule is N#Cc1cccc(N2CC(=O)CC2=O)c1F. The first-order valence-electron chi connectivity index (χ1n) is 4.64. The Labute approximate surface area is 90.9 Å². The average molecular weight is 218 g/mol. The second-order valence-electron chi connectivity index (χ2n) is 3.45. The van der Waals surface area contributed by atoms with E-state index in [4.69, 9.17) is 5.26 Å². The summed E-state index contributed by atoms with van der Waals surface area (Å²) in [4.78, 5) is 23.5. The van der Waals surface area contributed by atoms with Crippen LogP contribution in [-0.2, 0) is 9.59 Å². The molecule has 1 amide bonds. The third-order valence-electron chi connectivity index (χ3n) is 2.37. The van der Waals surface area contributed by atoms with E-state index in [0.717, 1.165) is 4.90 Å². The van der Waals surface area contributed by atoms with Crippen LogP contribution in [0.15, 0.2) is 18.2 Å². The van der Waals surface area contributed by atoms with Crippen molar-refractivity contribution in [2.75, 3.05) is 11.4 Å². The molecule has 5 heteroatoms. The van der Waals surface area contributed by atoms with Gasteiger partial charge in [-0.25, -0.2) is 4.39 Å². The van der Waals surface area contributed by atoms with E-state index in [1.54, 1.807) is 6.07 Å². The smallest absolute Gasteiger partial charge is 0.235 e. The van der Waals surface area contributed by atoms with Crippen molar-refractivity contribution in [2.45, 2.75) is 6.42 Å². The number of hydrogen-bond donors (Lipinski definition) is 0. The minimum atomic E-state index is -0.756. The van der Waals surface area contributed by atoms with Gasteiger partial charge >= 0.3 is 0 Å². The number of hydrogen-bond acceptors (Lipinski definition) is 3. The largest absolute Gasteiger partial charge is 0.302 e. The molecule has 1 aliphatic rings. The second kappa shape index (κ2) is 3.74. The number of amides is 1. The van der Waals surface area contributed by atoms with Gasteiger partial charge in [0, 0.05) is 0 Å². The van der Waals surface area contributed by atoms with E-state index in [0.29, 0.717) is 0 Å². The van der Waals surface area contributed by atoms with Crippen LogP contribution < -0.4 is 4.90 Å². The number of nitriles is 1. The molecule has 0 spiro atoms. The molecule has 1 fully saturated rings. The lowest BCUT2D eigenvalue weighted by Crippen LogP contribution is -2.25. The first kappa shape index (κ1) is 10.3. The first-order chi connectivity index (χ1) is 7.63. The second-order valence-corrected chi connectivity index (χ2v) is 3.45. The maximum Gasteiger partial charge on any atom is 0.235 e. The minimum absolute atomic E-state index is 0.00472. The van der Waals surface area contributed by atoms with Crippen molar-refractivity contribution in [1.29, 1.82) is 5.26 Å². The van der Waals surface area contributed by atoms with Gasteiger partial charge < -0.3 is 4.90 Å². The number of benzene rings is 1. The van der Waals surface area contributed by atoms with Gasteiger partial charge in [0.2, 0.25) is 5.91 Å². The minimum Gasteiger partial charge on any atom is -0.302 e. The fraction of sp³-hybridized carbons (Fsp3) is 0.182. The number of carbonyl (C=O) groups excluding carboxylic acids is 2. The van der Waals surface area contributed by atoms with Crippen LogP contribution in [0, 0.1) is 17.1 Å². The van der Waals surface area contributed by atoms with Crippen molar-refractivity contribution < 1.29 is 14.0 Å². The van der Waals surface area contributed by atoms with Gasteiger partial charge in [0.1, 0.15) is 6.07 Å². The van der Waals surface area contributed by atoms with Crippen molar-refractivity contribution in [3.05, 3.63) is 29.6 Å². The highest BCUT2D eigenvalue weighted by molar-refractivity contribution is 6.15. The number of ketones is 1. The molecule has 0 aliphatic carbocycles. The maximum atomic E-state index is 13.7. The fourth-order valence-electron chi connectivity index (χ4n) is 1.62. The van der Waals surface area contributed by atoms with Crippen molar-refractivity contribution in [1.82, 2.24) is 0 Å². The number of rotatable bonds is 1. The fourth-order valence-corrected chi connectivity index (χ4v) is 1.62. The first-order valence-corrected chi connectivity index (χ1v) is 4.64. The summed E-state index contributed by atoms with van der Waals surface area (Å²) in [6.45, 7) is -0.120. The van der Waals surface area contributed by atoms with Gasteiger partial charge in [0.15, 0.2) is 11.6 Å². The van der Waals surface area contributed by atoms with Gasteiger partial charge in [-0.3, -0.25) is 9.59 Å². The van der Waals surface area contributed by atoms with Crippen LogP contribution >= 0.6 is 0 Å². The molecule has 0 radical (unpaired) electrons. The number of halogens is 1. The van der Waals surface area contributed by atoms with Crippen LogP contribution in [0.5, 0.6) is 0 Å². The normalized spacial score (nSPS) is 15.4. The Morgan fingerprint density at radius 2 is 2.12 bits per heavy atom. The highest BCUT2D eigenvalue weighted by atomic mass is 19.1. The topological polar surface area (TPSA) is 61.2 Å². The van der Waals surface area contributed by atoms with Crippen molar-refractivity contribution in [3.8, 4) is 6.07 Å². The molecule has 1 aromatic rings. The van der Waals surface area contributed by atoms with Crippen LogP contribution in [0.3, 0.4) is 0 Å². The van der Waals surface area contributed by atoms with E-state index in [9.17, 15) is 14.0 Å². The summed E-state index contributed by atoms with van der Waals surface area (Å²) in [6, 6.07) is 5.87. The summed E-state index contributed by atoms with van der Waals surface area (Å²) in [5, 5.41) is 8.64. The molecule has 1 aromatic carbocycles. The Bertz CT molecular complexity index is 519. The zero-order valence-corrected chi connectivity index (χ0v) is 8.24. The number of Topliss-reactive ketones (excluding diaryl/α,β-unsaturated/α-hetero) is 1. The van der Waals surface area contributed by atoms with E-state index in [-0.39, 0.29) is 30.0 Å². The van der Waals surface area contributed by atoms with E-state index < -0.39 is 11.7 Å². The van der Waals surface area contributed by atoms with Gasteiger partial charge in [-0.1, -0.05) is 6.07 Å². The van der Waals surface area contributed by atoms with Crippen LogP contribution in [0.2, 0.25) is 0 Å². The lowest BCUT2D eigenvalue weighted by atomic mass is 10.2. The maximum absolute atomic E-state index is 13.7. The molecule has 1 aliphatic heterocycles. The summed E-state index contributed by atoms with van der Waals surface area (Å²) in [5.41, 5.74) is -0.139. The molecule has 0 bridgehead atoms. The summed E-state index contributed by atoms with van der Waals surface area (Å²) in [6.07, 6.45) is -0.198. The molecular weight excluding hydrogens is 211 g/mol. The van der Waals surface area contributed by atoms with Crippen LogP contribution in [0.1, 0.15) is 12.0 Å². The zero-order valence-electron chi connectivity index (χ0n) is 8.24. The van der Waals surface area contributed by atoms with Gasteiger partial charge in [0.05, 0.1) is 24.2 Å². The number of anilines is 1. The molecule has 4 nitrogen and oxygen atoms in total. The Morgan fingerprint density at radius 3 is 2.69 bits per heavy atom. The quantitative estimate of drug-likeness (QED) is 0.661. The molecule has 0 atom stereocenters. The molecule has 2 rings (SSSR count). The predicted molar refractivity (Wildman–Crippen MR) is 53.1 cm³/mol. The molecule has 0 N–H and O–H groups in total. The van der Waals surface area contributed by atoms with E-state index in [2.05, 4.69) is 0 Å². The third-order valence-corrected chi connectivity index (χ3v) is 2.37. The molecule has 0 saturated carbocycles. The molecule has 0 unspecified atom stereocenters. The van der Waals surface area contributed by atoms with Gasteiger partial charge in [-0.15, -0.1) is 0 Å². The zero-order chi connectivity index (χ0) is 11.7. The van der Waals surface area contributed by atoms with Crippen molar-refractivity contribution in [2.24, 2.45) is 0 Å². The molecule has 1 heterocycles. The highest BCUT2D eigenvalue weighted by Gasteiger charge is 2.30. The highest BCUT2D eigenvalue weighted by Crippen LogP contribution is 2.25. The summed E-state index contributed by atoms with van der Waals surface area (Å²) >= 11 is 0. The standard InChI is InChI=1S/C11H7FN2O2/c12-11-7(5-13)2-1-3-9(11)14-6-8(15)4-10(14)16/h1-3H,4,6H2. The van der Waals surface area contributed by atoms with E-state index in [1.807, 2.05) is 0 Å². The Kier molecular flexibility index (Phi) is 2.41. The van der Waals surface area contributed by atoms with Gasteiger partial charge in [-0.05, 0) is 12.1 Å². The molecule has 1 saturated heterocycles. The lowest BCUT2D eigenvalue weighted by Gasteiger charge is -2.15. The Morgan fingerprint density at radius 1 is 1.38 bits per heavy atom. The predicted octanol–water partition coefficient (Wildman–Crippen LogP) is 1.00. The Balaban J connectivity index is 2.46. The molecular formula is C11H7FN2O2. The van der Waals surface area contributed by atoms with Gasteiger partial charge in [-0.2, -0.15) is 5.26 Å². The van der Waals surface area contributed by atoms with Crippen molar-refractivity contribution >= 4 is 17.4 Å². The number of carbonyl (C=O) groups is 2. The summed E-state index contributed by atoms with van der Waals surface area (Å²) in [7, 11) is 0. The Hall–Kier alpha value is -2.22. The molecule has 16 heavy (non-hydrogen) atoms. The summed E-state index contributed by atoms with van der Waals surface area (Å²) < 4.78 is 13.7. The van der Waals surface area contributed by atoms with Crippen LogP contribution in [-0.4, -0.2) is 18.2 Å². The average Bonchev–Trinajstić information content (AvgIpc) is 2.58. The van der Waals surface area contributed by atoms with E-state index >= 15 is 0 Å². The molecule has 80 valence electrons. The number of nitrogens with zero attached hydrogens (tertiary/aromatic N) is 2. The third kappa shape index (κ3) is 1.54. The van der Waals surface area contributed by atoms with E-state index in [1.165, 1.54) is 18.2 Å². The monoisotopic (exact) mass is 218 g/mol. The summed E-state index contributed by atoms with van der Waals surface area (Å²) in [5.74, 6) is -1.43. The van der Waals surface area contributed by atoms with Crippen LogP contribution in [0.4, 0.5) is 10.1 Å². The van der Waals surface area contributed by atoms with Crippen molar-refractivity contribution in [3.63, 3.8) is 0 Å².